The molecule has 0 spiro atoms. The van der Waals surface area contributed by atoms with Gasteiger partial charge in [-0.15, -0.1) is 0 Å². The minimum absolute atomic E-state index is 0.0199. The van der Waals surface area contributed by atoms with E-state index in [-0.39, 0.29) is 36.5 Å². The lowest BCUT2D eigenvalue weighted by atomic mass is 9.52. The Morgan fingerprint density at radius 2 is 2.03 bits per heavy atom. The molecule has 178 valence electrons. The van der Waals surface area contributed by atoms with E-state index in [1.165, 1.54) is 6.07 Å². The number of ketones is 1. The molecule has 1 aliphatic heterocycles. The van der Waals surface area contributed by atoms with E-state index in [1.54, 1.807) is 6.07 Å². The molecule has 3 atom stereocenters. The molecular weight excluding hydrogens is 447 g/mol. The van der Waals surface area contributed by atoms with Crippen LogP contribution in [0.15, 0.2) is 12.1 Å². The summed E-state index contributed by atoms with van der Waals surface area (Å²) in [6.07, 6.45) is 3.79. The fourth-order valence-corrected chi connectivity index (χ4v) is 6.25. The molecule has 0 unspecified atom stereocenters. The number of hydrogen-bond acceptors (Lipinski definition) is 6. The molecule has 2 fully saturated rings. The zero-order valence-corrected chi connectivity index (χ0v) is 19.0. The van der Waals surface area contributed by atoms with E-state index < -0.39 is 26.8 Å². The van der Waals surface area contributed by atoms with Crippen LogP contribution >= 0.6 is 0 Å². The second-order valence-corrected chi connectivity index (χ2v) is 10.7. The predicted octanol–water partition coefficient (Wildman–Crippen LogP) is 3.96. The molecule has 10 heteroatoms. The second kappa shape index (κ2) is 8.20. The molecule has 1 saturated carbocycles. The van der Waals surface area contributed by atoms with Gasteiger partial charge in [-0.3, -0.25) is 4.79 Å². The van der Waals surface area contributed by atoms with E-state index in [0.717, 1.165) is 12.0 Å². The normalized spacial score (nSPS) is 28.1. The molecule has 1 aromatic carbocycles. The van der Waals surface area contributed by atoms with Crippen molar-refractivity contribution in [2.45, 2.75) is 68.8 Å². The summed E-state index contributed by atoms with van der Waals surface area (Å²) in [5, 5.41) is 0. The number of likely N-dealkylation sites (tertiary alicyclic amines) is 1. The number of halogens is 3. The highest BCUT2D eigenvalue weighted by molar-refractivity contribution is 7.88. The minimum Gasteiger partial charge on any atom is -0.490 e. The van der Waals surface area contributed by atoms with Crippen LogP contribution in [-0.2, 0) is 26.7 Å². The zero-order chi connectivity index (χ0) is 23.3. The number of rotatable bonds is 6. The quantitative estimate of drug-likeness (QED) is 0.352. The molecule has 2 aliphatic carbocycles. The number of hydrogen-bond donors (Lipinski definition) is 0. The smallest absolute Gasteiger partial charge is 0.490 e. The van der Waals surface area contributed by atoms with Crippen LogP contribution in [0, 0.1) is 5.92 Å². The molecule has 1 aromatic rings. The highest BCUT2D eigenvalue weighted by Gasteiger charge is 2.57. The summed E-state index contributed by atoms with van der Waals surface area (Å²) in [5.74, 6) is -0.334. The van der Waals surface area contributed by atoms with Crippen LogP contribution in [0.5, 0.6) is 11.5 Å². The third-order valence-corrected chi connectivity index (χ3v) is 8.22. The van der Waals surface area contributed by atoms with Gasteiger partial charge < -0.3 is 13.8 Å². The van der Waals surface area contributed by atoms with Crippen LogP contribution in [0.3, 0.4) is 0 Å². The summed E-state index contributed by atoms with van der Waals surface area (Å²) >= 11 is 0. The summed E-state index contributed by atoms with van der Waals surface area (Å²) in [4.78, 5) is 14.8. The van der Waals surface area contributed by atoms with Crippen LogP contribution in [0.25, 0.3) is 0 Å². The maximum absolute atomic E-state index is 13.3. The Hall–Kier alpha value is -1.81. The average molecular weight is 476 g/mol. The molecule has 0 amide bonds. The lowest BCUT2D eigenvalue weighted by Crippen LogP contribution is -2.61. The largest absolute Gasteiger partial charge is 0.534 e. The van der Waals surface area contributed by atoms with E-state index in [0.29, 0.717) is 44.2 Å². The first-order chi connectivity index (χ1) is 15.0. The summed E-state index contributed by atoms with van der Waals surface area (Å²) in [6, 6.07) is 3.42. The van der Waals surface area contributed by atoms with Crippen molar-refractivity contribution in [1.82, 2.24) is 4.90 Å². The number of likely N-dealkylation sites (N-methyl/N-ethyl adjacent to an activating group) is 1. The molecule has 4 rings (SSSR count). The van der Waals surface area contributed by atoms with E-state index in [1.807, 2.05) is 14.0 Å². The van der Waals surface area contributed by atoms with Crippen LogP contribution in [0.1, 0.15) is 56.6 Å². The lowest BCUT2D eigenvalue weighted by Gasteiger charge is -2.58. The Morgan fingerprint density at radius 1 is 1.28 bits per heavy atom. The number of alkyl halides is 3. The van der Waals surface area contributed by atoms with E-state index >= 15 is 0 Å². The Balaban J connectivity index is 1.91. The third kappa shape index (κ3) is 3.79. The highest BCUT2D eigenvalue weighted by atomic mass is 32.2. The molecular formula is C22H28F3NO5S. The molecule has 0 N–H and O–H groups in total. The number of fused-ring (bicyclic) bond motifs is 1. The summed E-state index contributed by atoms with van der Waals surface area (Å²) in [6.45, 7) is 2.83. The Morgan fingerprint density at radius 3 is 2.72 bits per heavy atom. The number of carbonyl (C=O) groups excluding carboxylic acids is 1. The number of Topliss-reactive ketones (excluding diaryl/α,β-unsaturated/α-hetero) is 1. The van der Waals surface area contributed by atoms with Gasteiger partial charge in [0, 0.05) is 29.9 Å². The van der Waals surface area contributed by atoms with Crippen molar-refractivity contribution in [2.24, 2.45) is 5.92 Å². The number of unbranched alkanes of at least 4 members (excludes halogenated alkanes) is 1. The van der Waals surface area contributed by atoms with Crippen LogP contribution in [0.2, 0.25) is 0 Å². The van der Waals surface area contributed by atoms with Gasteiger partial charge in [0.15, 0.2) is 11.5 Å². The minimum atomic E-state index is -5.91. The van der Waals surface area contributed by atoms with Gasteiger partial charge >= 0.3 is 15.6 Å². The first-order valence-electron chi connectivity index (χ1n) is 11.0. The maximum Gasteiger partial charge on any atom is 0.534 e. The van der Waals surface area contributed by atoms with Crippen molar-refractivity contribution >= 4 is 15.9 Å². The molecule has 2 bridgehead atoms. The van der Waals surface area contributed by atoms with Crippen LogP contribution in [-0.4, -0.2) is 50.9 Å². The molecule has 1 heterocycles. The SMILES string of the molecule is CCCCOc1ccc2c(c1OS(=O)(=O)C(F)(F)F)[C@]13CCN(C)[C@H](C2)[C@@H]1CCC(=O)C3. The molecule has 6 nitrogen and oxygen atoms in total. The molecule has 1 saturated heterocycles. The molecule has 32 heavy (non-hydrogen) atoms. The van der Waals surface area contributed by atoms with Crippen molar-refractivity contribution < 1.29 is 35.3 Å². The molecule has 3 aliphatic rings. The summed E-state index contributed by atoms with van der Waals surface area (Å²) < 4.78 is 74.5. The summed E-state index contributed by atoms with van der Waals surface area (Å²) in [5.41, 5.74) is -5.18. The van der Waals surface area contributed by atoms with E-state index in [9.17, 15) is 26.4 Å². The van der Waals surface area contributed by atoms with Gasteiger partial charge in [0.25, 0.3) is 0 Å². The van der Waals surface area contributed by atoms with Gasteiger partial charge in [0.1, 0.15) is 5.78 Å². The highest BCUT2D eigenvalue weighted by Crippen LogP contribution is 2.59. The average Bonchev–Trinajstić information content (AvgIpc) is 2.70. The topological polar surface area (TPSA) is 72.9 Å². The number of ether oxygens (including phenoxy) is 1. The van der Waals surface area contributed by atoms with Crippen molar-refractivity contribution in [3.05, 3.63) is 23.3 Å². The van der Waals surface area contributed by atoms with Gasteiger partial charge in [-0.2, -0.15) is 21.6 Å². The van der Waals surface area contributed by atoms with Crippen molar-refractivity contribution in [2.75, 3.05) is 20.2 Å². The second-order valence-electron chi connectivity index (χ2n) is 9.13. The Bertz CT molecular complexity index is 1010. The van der Waals surface area contributed by atoms with E-state index in [4.69, 9.17) is 8.92 Å². The fourth-order valence-electron chi connectivity index (χ4n) is 5.77. The number of carbonyl (C=O) groups is 1. The van der Waals surface area contributed by atoms with Crippen molar-refractivity contribution in [3.8, 4) is 11.5 Å². The Labute approximate surface area is 186 Å². The molecule has 0 aromatic heterocycles. The van der Waals surface area contributed by atoms with Crippen molar-refractivity contribution in [3.63, 3.8) is 0 Å². The van der Waals surface area contributed by atoms with Crippen molar-refractivity contribution in [1.29, 1.82) is 0 Å². The predicted molar refractivity (Wildman–Crippen MR) is 111 cm³/mol. The first-order valence-corrected chi connectivity index (χ1v) is 12.4. The van der Waals surface area contributed by atoms with E-state index in [2.05, 4.69) is 4.90 Å². The fraction of sp³-hybridized carbons (Fsp3) is 0.682. The van der Waals surface area contributed by atoms with Gasteiger partial charge in [-0.1, -0.05) is 19.4 Å². The lowest BCUT2D eigenvalue weighted by molar-refractivity contribution is -0.127. The standard InChI is InChI=1S/C22H28F3NO5S/c1-3-4-11-30-18-8-5-14-12-17-16-7-6-15(27)13-21(16,9-10-26(17)2)19(14)20(18)31-32(28,29)22(23,24)25/h5,8,16-17H,3-4,6-7,9-13H2,1-2H3/t16-,17+,21-/m0/s1. The monoisotopic (exact) mass is 475 g/mol. The number of benzene rings is 1. The Kier molecular flexibility index (Phi) is 5.98. The molecule has 0 radical (unpaired) electrons. The van der Waals surface area contributed by atoms with Gasteiger partial charge in [0.2, 0.25) is 0 Å². The van der Waals surface area contributed by atoms with Gasteiger partial charge in [-0.25, -0.2) is 0 Å². The zero-order valence-electron chi connectivity index (χ0n) is 18.2. The first kappa shape index (κ1) is 23.4. The maximum atomic E-state index is 13.3. The van der Waals surface area contributed by atoms with Gasteiger partial charge in [0.05, 0.1) is 6.61 Å². The third-order valence-electron chi connectivity index (χ3n) is 7.26. The summed E-state index contributed by atoms with van der Waals surface area (Å²) in [7, 11) is -3.89. The van der Waals surface area contributed by atoms with Crippen LogP contribution < -0.4 is 8.92 Å². The number of piperidine rings is 1. The number of nitrogens with zero attached hydrogens (tertiary/aromatic N) is 1. The van der Waals surface area contributed by atoms with Gasteiger partial charge in [-0.05, 0) is 56.8 Å². The van der Waals surface area contributed by atoms with Crippen LogP contribution in [0.4, 0.5) is 13.2 Å².